The Labute approximate surface area is 154 Å². The Morgan fingerprint density at radius 1 is 1.12 bits per heavy atom. The fourth-order valence-electron chi connectivity index (χ4n) is 2.42. The number of hydrogen-bond acceptors (Lipinski definition) is 4. The Morgan fingerprint density at radius 2 is 1.77 bits per heavy atom. The summed E-state index contributed by atoms with van der Waals surface area (Å²) < 4.78 is 27.9. The Morgan fingerprint density at radius 3 is 2.38 bits per heavy atom. The van der Waals surface area contributed by atoms with Crippen LogP contribution in [0.3, 0.4) is 0 Å². The number of sulfonamides is 1. The molecule has 0 aliphatic rings. The van der Waals surface area contributed by atoms with Crippen molar-refractivity contribution in [3.05, 3.63) is 54.1 Å². The summed E-state index contributed by atoms with van der Waals surface area (Å²) in [6.45, 7) is 5.57. The molecule has 0 saturated heterocycles. The van der Waals surface area contributed by atoms with Crippen molar-refractivity contribution in [3.8, 4) is 0 Å². The van der Waals surface area contributed by atoms with Gasteiger partial charge in [0, 0.05) is 11.4 Å². The molecule has 4 N–H and O–H groups in total. The summed E-state index contributed by atoms with van der Waals surface area (Å²) in [5.41, 5.74) is 7.38. The molecule has 2 aromatic rings. The fraction of sp³-hybridized carbons (Fsp3) is 0.316. The number of carbonyl (C=O) groups excluding carboxylic acids is 1. The molecule has 0 bridgehead atoms. The van der Waals surface area contributed by atoms with Crippen molar-refractivity contribution in [1.29, 1.82) is 0 Å². The average Bonchev–Trinajstić information content (AvgIpc) is 2.62. The lowest BCUT2D eigenvalue weighted by molar-refractivity contribution is -0.118. The number of hydrogen-bond donors (Lipinski definition) is 3. The number of nitrogens with one attached hydrogen (secondary N) is 2. The Balaban J connectivity index is 2.25. The van der Waals surface area contributed by atoms with Crippen LogP contribution < -0.4 is 15.8 Å². The summed E-state index contributed by atoms with van der Waals surface area (Å²) in [4.78, 5) is 12.4. The number of para-hydroxylation sites is 1. The topological polar surface area (TPSA) is 101 Å². The van der Waals surface area contributed by atoms with Crippen LogP contribution in [0.4, 0.5) is 11.4 Å². The molecule has 0 aliphatic carbocycles. The summed E-state index contributed by atoms with van der Waals surface area (Å²) in [5.74, 6) is -0.300. The zero-order chi connectivity index (χ0) is 19.3. The van der Waals surface area contributed by atoms with Gasteiger partial charge in [0.05, 0.1) is 10.9 Å². The Bertz CT molecular complexity index is 867. The third-order valence-corrected chi connectivity index (χ3v) is 5.85. The zero-order valence-corrected chi connectivity index (χ0v) is 16.0. The molecule has 0 radical (unpaired) electrons. The molecule has 7 heteroatoms. The SMILES string of the molecule is CCC(C)C(N)C(=O)Nc1ccc(C)c(S(=O)(=O)Nc2ccccc2)c1. The van der Waals surface area contributed by atoms with Gasteiger partial charge in [0.25, 0.3) is 10.0 Å². The lowest BCUT2D eigenvalue weighted by Crippen LogP contribution is -2.40. The zero-order valence-electron chi connectivity index (χ0n) is 15.2. The van der Waals surface area contributed by atoms with Gasteiger partial charge in [0.2, 0.25) is 5.91 Å². The molecular weight excluding hydrogens is 350 g/mol. The molecule has 2 aromatic carbocycles. The van der Waals surface area contributed by atoms with Gasteiger partial charge in [0.15, 0.2) is 0 Å². The summed E-state index contributed by atoms with van der Waals surface area (Å²) >= 11 is 0. The van der Waals surface area contributed by atoms with E-state index in [1.54, 1.807) is 49.4 Å². The Hall–Kier alpha value is -2.38. The van der Waals surface area contributed by atoms with E-state index in [1.165, 1.54) is 6.07 Å². The van der Waals surface area contributed by atoms with Gasteiger partial charge < -0.3 is 11.1 Å². The lowest BCUT2D eigenvalue weighted by atomic mass is 9.99. The minimum absolute atomic E-state index is 0.0309. The van der Waals surface area contributed by atoms with E-state index in [9.17, 15) is 13.2 Å². The number of carbonyl (C=O) groups is 1. The predicted octanol–water partition coefficient (Wildman–Crippen LogP) is 3.11. The number of rotatable bonds is 7. The van der Waals surface area contributed by atoms with Gasteiger partial charge in [-0.2, -0.15) is 0 Å². The maximum absolute atomic E-state index is 12.7. The maximum Gasteiger partial charge on any atom is 0.262 e. The quantitative estimate of drug-likeness (QED) is 0.692. The van der Waals surface area contributed by atoms with Gasteiger partial charge in [0.1, 0.15) is 0 Å². The standard InChI is InChI=1S/C19H25N3O3S/c1-4-13(2)18(20)19(23)21-16-11-10-14(3)17(12-16)26(24,25)22-15-8-6-5-7-9-15/h5-13,18,22H,4,20H2,1-3H3,(H,21,23). The fourth-order valence-corrected chi connectivity index (χ4v) is 3.75. The van der Waals surface area contributed by atoms with E-state index >= 15 is 0 Å². The Kier molecular flexibility index (Phi) is 6.39. The summed E-state index contributed by atoms with van der Waals surface area (Å²) in [5, 5.41) is 2.70. The monoisotopic (exact) mass is 375 g/mol. The second-order valence-corrected chi connectivity index (χ2v) is 8.00. The van der Waals surface area contributed by atoms with Crippen molar-refractivity contribution in [3.63, 3.8) is 0 Å². The van der Waals surface area contributed by atoms with Crippen molar-refractivity contribution in [2.45, 2.75) is 38.1 Å². The van der Waals surface area contributed by atoms with Gasteiger partial charge >= 0.3 is 0 Å². The van der Waals surface area contributed by atoms with Crippen LogP contribution >= 0.6 is 0 Å². The molecule has 0 aromatic heterocycles. The molecule has 2 unspecified atom stereocenters. The minimum Gasteiger partial charge on any atom is -0.325 e. The first-order valence-corrected chi connectivity index (χ1v) is 9.98. The normalized spacial score (nSPS) is 13.7. The number of anilines is 2. The van der Waals surface area contributed by atoms with Gasteiger partial charge in [-0.15, -0.1) is 0 Å². The molecule has 2 atom stereocenters. The molecule has 26 heavy (non-hydrogen) atoms. The third kappa shape index (κ3) is 4.83. The summed E-state index contributed by atoms with van der Waals surface area (Å²) in [6.07, 6.45) is 0.781. The predicted molar refractivity (Wildman–Crippen MR) is 104 cm³/mol. The van der Waals surface area contributed by atoms with Gasteiger partial charge in [-0.25, -0.2) is 8.42 Å². The molecule has 1 amide bonds. The van der Waals surface area contributed by atoms with Crippen molar-refractivity contribution >= 4 is 27.3 Å². The molecule has 0 aliphatic heterocycles. The van der Waals surface area contributed by atoms with Crippen LogP contribution in [0.25, 0.3) is 0 Å². The van der Waals surface area contributed by atoms with Crippen LogP contribution in [0.2, 0.25) is 0 Å². The molecule has 0 heterocycles. The van der Waals surface area contributed by atoms with E-state index in [1.807, 2.05) is 13.8 Å². The van der Waals surface area contributed by atoms with E-state index in [2.05, 4.69) is 10.0 Å². The first-order chi connectivity index (χ1) is 12.2. The summed E-state index contributed by atoms with van der Waals surface area (Å²) in [6, 6.07) is 12.8. The van der Waals surface area contributed by atoms with Crippen molar-refractivity contribution in [2.24, 2.45) is 11.7 Å². The van der Waals surface area contributed by atoms with E-state index in [0.29, 0.717) is 16.9 Å². The molecule has 0 spiro atoms. The van der Waals surface area contributed by atoms with Crippen molar-refractivity contribution in [1.82, 2.24) is 0 Å². The van der Waals surface area contributed by atoms with Crippen LogP contribution in [-0.4, -0.2) is 20.4 Å². The molecule has 0 fully saturated rings. The van der Waals surface area contributed by atoms with Crippen molar-refractivity contribution < 1.29 is 13.2 Å². The molecule has 2 rings (SSSR count). The third-order valence-electron chi connectivity index (χ3n) is 4.33. The van der Waals surface area contributed by atoms with Gasteiger partial charge in [-0.05, 0) is 42.7 Å². The maximum atomic E-state index is 12.7. The van der Waals surface area contributed by atoms with E-state index in [0.717, 1.165) is 6.42 Å². The first-order valence-electron chi connectivity index (χ1n) is 8.49. The highest BCUT2D eigenvalue weighted by atomic mass is 32.2. The second kappa shape index (κ2) is 8.33. The van der Waals surface area contributed by atoms with Gasteiger partial charge in [-0.1, -0.05) is 44.5 Å². The van der Waals surface area contributed by atoms with Gasteiger partial charge in [-0.3, -0.25) is 9.52 Å². The van der Waals surface area contributed by atoms with Crippen LogP contribution in [0.15, 0.2) is 53.4 Å². The van der Waals surface area contributed by atoms with E-state index < -0.39 is 16.1 Å². The number of amides is 1. The molecular formula is C19H25N3O3S. The highest BCUT2D eigenvalue weighted by molar-refractivity contribution is 7.92. The number of benzene rings is 2. The first kappa shape index (κ1) is 19.9. The van der Waals surface area contributed by atoms with E-state index in [4.69, 9.17) is 5.73 Å². The molecule has 0 saturated carbocycles. The highest BCUT2D eigenvalue weighted by Crippen LogP contribution is 2.23. The van der Waals surface area contributed by atoms with Crippen molar-refractivity contribution in [2.75, 3.05) is 10.0 Å². The minimum atomic E-state index is -3.78. The van der Waals surface area contributed by atoms with Crippen LogP contribution in [0.1, 0.15) is 25.8 Å². The largest absolute Gasteiger partial charge is 0.325 e. The lowest BCUT2D eigenvalue weighted by Gasteiger charge is -2.18. The van der Waals surface area contributed by atoms with Crippen LogP contribution in [0, 0.1) is 12.8 Å². The molecule has 6 nitrogen and oxygen atoms in total. The number of aryl methyl sites for hydroxylation is 1. The summed E-state index contributed by atoms with van der Waals surface area (Å²) in [7, 11) is -3.78. The smallest absolute Gasteiger partial charge is 0.262 e. The number of nitrogens with two attached hydrogens (primary N) is 1. The average molecular weight is 375 g/mol. The van der Waals surface area contributed by atoms with Crippen LogP contribution in [0.5, 0.6) is 0 Å². The van der Waals surface area contributed by atoms with E-state index in [-0.39, 0.29) is 16.7 Å². The molecule has 140 valence electrons. The van der Waals surface area contributed by atoms with Crippen LogP contribution in [-0.2, 0) is 14.8 Å². The highest BCUT2D eigenvalue weighted by Gasteiger charge is 2.21. The second-order valence-electron chi connectivity index (χ2n) is 6.35.